The minimum atomic E-state index is -4.38. The molecule has 1 aliphatic carbocycles. The number of imidazole rings is 1. The zero-order valence-corrected chi connectivity index (χ0v) is 16.4. The molecule has 1 aromatic heterocycles. The fraction of sp³-hybridized carbons (Fsp3) is 0.571. The summed E-state index contributed by atoms with van der Waals surface area (Å²) < 4.78 is 42.8. The lowest BCUT2D eigenvalue weighted by Gasteiger charge is -2.43. The van der Waals surface area contributed by atoms with E-state index in [1.165, 1.54) is 6.07 Å². The molecule has 0 atom stereocenters. The molecule has 1 saturated carbocycles. The summed E-state index contributed by atoms with van der Waals surface area (Å²) in [6.45, 7) is 13.8. The third-order valence-corrected chi connectivity index (χ3v) is 5.10. The molecule has 144 valence electrons. The third kappa shape index (κ3) is 3.81. The molecule has 0 amide bonds. The predicted octanol–water partition coefficient (Wildman–Crippen LogP) is 6.87. The van der Waals surface area contributed by atoms with Crippen molar-refractivity contribution < 1.29 is 13.2 Å². The number of hydrogen-bond acceptors (Lipinski definition) is 1. The highest BCUT2D eigenvalue weighted by Gasteiger charge is 2.40. The Morgan fingerprint density at radius 1 is 1.31 bits per heavy atom. The molecule has 0 N–H and O–H groups in total. The van der Waals surface area contributed by atoms with Crippen LogP contribution in [0.15, 0.2) is 25.0 Å². The van der Waals surface area contributed by atoms with Crippen molar-refractivity contribution in [2.75, 3.05) is 0 Å². The monoisotopic (exact) mass is 366 g/mol. The first-order valence-electron chi connectivity index (χ1n) is 9.31. The number of allylic oxidation sites excluding steroid dienone is 1. The van der Waals surface area contributed by atoms with Gasteiger partial charge in [0, 0.05) is 6.04 Å². The number of rotatable bonds is 4. The lowest BCUT2D eigenvalue weighted by atomic mass is 9.68. The molecule has 0 radical (unpaired) electrons. The van der Waals surface area contributed by atoms with Gasteiger partial charge in [-0.3, -0.25) is 0 Å². The van der Waals surface area contributed by atoms with Crippen LogP contribution in [0.1, 0.15) is 69.7 Å². The molecule has 1 aliphatic rings. The van der Waals surface area contributed by atoms with Crippen LogP contribution < -0.4 is 0 Å². The van der Waals surface area contributed by atoms with Crippen LogP contribution in [0.3, 0.4) is 0 Å². The van der Waals surface area contributed by atoms with Crippen molar-refractivity contribution in [2.45, 2.75) is 72.5 Å². The maximum Gasteiger partial charge on any atom is 0.418 e. The van der Waals surface area contributed by atoms with E-state index in [1.54, 1.807) is 17.0 Å². The van der Waals surface area contributed by atoms with Crippen LogP contribution in [0.25, 0.3) is 11.0 Å². The Morgan fingerprint density at radius 3 is 2.42 bits per heavy atom. The average molecular weight is 366 g/mol. The van der Waals surface area contributed by atoms with Crippen molar-refractivity contribution in [3.8, 4) is 0 Å². The van der Waals surface area contributed by atoms with Gasteiger partial charge in [-0.1, -0.05) is 33.8 Å². The zero-order chi connectivity index (χ0) is 19.7. The first-order valence-corrected chi connectivity index (χ1v) is 9.31. The first-order chi connectivity index (χ1) is 12.1. The molecule has 2 nitrogen and oxygen atoms in total. The fourth-order valence-electron chi connectivity index (χ4n) is 3.83. The highest BCUT2D eigenvalue weighted by Crippen LogP contribution is 2.49. The van der Waals surface area contributed by atoms with Crippen molar-refractivity contribution in [1.29, 1.82) is 0 Å². The van der Waals surface area contributed by atoms with Crippen molar-refractivity contribution >= 4 is 11.0 Å². The number of benzene rings is 1. The van der Waals surface area contributed by atoms with E-state index in [9.17, 15) is 13.2 Å². The van der Waals surface area contributed by atoms with Gasteiger partial charge < -0.3 is 4.57 Å². The first kappa shape index (κ1) is 20.5. The van der Waals surface area contributed by atoms with Crippen LogP contribution in [-0.4, -0.2) is 9.55 Å². The molecule has 1 heterocycles. The molecule has 0 saturated heterocycles. The maximum atomic E-state index is 13.7. The molecular weight excluding hydrogens is 337 g/mol. The highest BCUT2D eigenvalue weighted by atomic mass is 19.4. The normalized spacial score (nSPS) is 16.8. The van der Waals surface area contributed by atoms with Crippen LogP contribution in [0.4, 0.5) is 13.2 Å². The van der Waals surface area contributed by atoms with E-state index in [-0.39, 0.29) is 17.0 Å². The molecule has 2 aromatic rings. The van der Waals surface area contributed by atoms with Gasteiger partial charge >= 0.3 is 6.18 Å². The number of fused-ring (bicyclic) bond motifs is 1. The van der Waals surface area contributed by atoms with Crippen LogP contribution in [0.5, 0.6) is 0 Å². The number of alkyl halides is 3. The van der Waals surface area contributed by atoms with E-state index in [2.05, 4.69) is 25.4 Å². The van der Waals surface area contributed by atoms with Gasteiger partial charge in [0.15, 0.2) is 0 Å². The van der Waals surface area contributed by atoms with Crippen LogP contribution in [-0.2, 0) is 12.6 Å². The molecule has 0 spiro atoms. The standard InChI is InChI=1S/C19H23F3N2.C2H6/c1-5-6-7-13-8-15(19(20,21)22)17-16(12(13)2)23-11-24(17)14-9-18(3,4)10-14;1-2/h5,8,11,14H,1,6-7,9-10H2,2-4H3;1-2H3. The van der Waals surface area contributed by atoms with E-state index in [0.29, 0.717) is 23.9 Å². The fourth-order valence-corrected chi connectivity index (χ4v) is 3.83. The van der Waals surface area contributed by atoms with Crippen LogP contribution in [0.2, 0.25) is 0 Å². The lowest BCUT2D eigenvalue weighted by Crippen LogP contribution is -2.33. The minimum absolute atomic E-state index is 0.101. The largest absolute Gasteiger partial charge is 0.418 e. The molecule has 5 heteroatoms. The van der Waals surface area contributed by atoms with Crippen molar-refractivity contribution in [3.63, 3.8) is 0 Å². The van der Waals surface area contributed by atoms with Gasteiger partial charge in [-0.05, 0) is 55.2 Å². The number of hydrogen-bond donors (Lipinski definition) is 0. The Kier molecular flexibility index (Phi) is 5.89. The van der Waals surface area contributed by atoms with Gasteiger partial charge in [0.05, 0.1) is 22.9 Å². The maximum absolute atomic E-state index is 13.7. The van der Waals surface area contributed by atoms with E-state index in [0.717, 1.165) is 18.4 Å². The van der Waals surface area contributed by atoms with E-state index in [1.807, 2.05) is 20.8 Å². The molecule has 3 rings (SSSR count). The summed E-state index contributed by atoms with van der Waals surface area (Å²) >= 11 is 0. The second-order valence-corrected chi connectivity index (χ2v) is 7.61. The van der Waals surface area contributed by atoms with Gasteiger partial charge in [0.2, 0.25) is 0 Å². The smallest absolute Gasteiger partial charge is 0.327 e. The highest BCUT2D eigenvalue weighted by molar-refractivity contribution is 5.84. The van der Waals surface area contributed by atoms with Crippen molar-refractivity contribution in [3.05, 3.63) is 41.7 Å². The average Bonchev–Trinajstić information content (AvgIpc) is 2.97. The molecular formula is C21H29F3N2. The summed E-state index contributed by atoms with van der Waals surface area (Å²) in [5, 5.41) is 0. The van der Waals surface area contributed by atoms with Crippen molar-refractivity contribution in [1.82, 2.24) is 9.55 Å². The second kappa shape index (κ2) is 7.45. The van der Waals surface area contributed by atoms with Gasteiger partial charge in [-0.15, -0.1) is 6.58 Å². The Hall–Kier alpha value is -1.78. The summed E-state index contributed by atoms with van der Waals surface area (Å²) in [6, 6.07) is 1.41. The summed E-state index contributed by atoms with van der Waals surface area (Å²) in [5.41, 5.74) is 1.89. The molecule has 0 bridgehead atoms. The minimum Gasteiger partial charge on any atom is -0.327 e. The number of aryl methyl sites for hydroxylation is 2. The van der Waals surface area contributed by atoms with E-state index in [4.69, 9.17) is 0 Å². The van der Waals surface area contributed by atoms with Gasteiger partial charge in [-0.25, -0.2) is 4.98 Å². The van der Waals surface area contributed by atoms with Gasteiger partial charge in [-0.2, -0.15) is 13.2 Å². The Bertz CT molecular complexity index is 777. The number of aromatic nitrogens is 2. The predicted molar refractivity (Wildman–Crippen MR) is 101 cm³/mol. The van der Waals surface area contributed by atoms with E-state index < -0.39 is 11.7 Å². The second-order valence-electron chi connectivity index (χ2n) is 7.61. The summed E-state index contributed by atoms with van der Waals surface area (Å²) in [7, 11) is 0. The van der Waals surface area contributed by atoms with Gasteiger partial charge in [0.25, 0.3) is 0 Å². The Morgan fingerprint density at radius 2 is 1.92 bits per heavy atom. The molecule has 1 aromatic carbocycles. The van der Waals surface area contributed by atoms with E-state index >= 15 is 0 Å². The zero-order valence-electron chi connectivity index (χ0n) is 16.4. The number of halogens is 3. The lowest BCUT2D eigenvalue weighted by molar-refractivity contribution is -0.136. The Balaban J connectivity index is 0.00000117. The summed E-state index contributed by atoms with van der Waals surface area (Å²) in [5.74, 6) is 0. The molecule has 1 fully saturated rings. The number of nitrogens with zero attached hydrogens (tertiary/aromatic N) is 2. The quantitative estimate of drug-likeness (QED) is 0.540. The van der Waals surface area contributed by atoms with Crippen molar-refractivity contribution in [2.24, 2.45) is 5.41 Å². The summed E-state index contributed by atoms with van der Waals surface area (Å²) in [4.78, 5) is 4.35. The SMILES string of the molecule is C=CCCc1cc(C(F)(F)F)c2c(ncn2C2CC(C)(C)C2)c1C.CC. The molecule has 0 unspecified atom stereocenters. The topological polar surface area (TPSA) is 17.8 Å². The van der Waals surface area contributed by atoms with Crippen LogP contribution in [0, 0.1) is 12.3 Å². The Labute approximate surface area is 154 Å². The summed E-state index contributed by atoms with van der Waals surface area (Å²) in [6.07, 6.45) is 1.90. The molecule has 26 heavy (non-hydrogen) atoms. The molecule has 0 aliphatic heterocycles. The van der Waals surface area contributed by atoms with Gasteiger partial charge in [0.1, 0.15) is 0 Å². The third-order valence-electron chi connectivity index (χ3n) is 5.10. The van der Waals surface area contributed by atoms with Crippen LogP contribution >= 0.6 is 0 Å².